The zero-order valence-corrected chi connectivity index (χ0v) is 11.9. The van der Waals surface area contributed by atoms with Gasteiger partial charge in [-0.05, 0) is 18.4 Å². The standard InChI is InChI=1S/C16H17ClN2/c1-2-3-4-5-6-7-12-15-16(17)13-10-8-9-11-14(13)18-19-15/h8-11H,2-6H2,1H3. The average molecular weight is 273 g/mol. The first-order chi connectivity index (χ1) is 9.33. The molecule has 1 aromatic carbocycles. The molecule has 2 rings (SSSR count). The van der Waals surface area contributed by atoms with Gasteiger partial charge in [0.2, 0.25) is 0 Å². The molecule has 0 spiro atoms. The molecule has 0 amide bonds. The topological polar surface area (TPSA) is 25.8 Å². The maximum Gasteiger partial charge on any atom is 0.155 e. The van der Waals surface area contributed by atoms with E-state index in [-0.39, 0.29) is 0 Å². The third-order valence-corrected chi connectivity index (χ3v) is 3.35. The van der Waals surface area contributed by atoms with Crippen LogP contribution in [0.1, 0.15) is 44.7 Å². The van der Waals surface area contributed by atoms with Gasteiger partial charge < -0.3 is 0 Å². The number of fused-ring (bicyclic) bond motifs is 1. The third kappa shape index (κ3) is 3.68. The van der Waals surface area contributed by atoms with Crippen molar-refractivity contribution in [2.45, 2.75) is 39.0 Å². The van der Waals surface area contributed by atoms with Crippen molar-refractivity contribution in [3.8, 4) is 11.8 Å². The van der Waals surface area contributed by atoms with E-state index in [9.17, 15) is 0 Å². The first-order valence-corrected chi connectivity index (χ1v) is 7.10. The predicted molar refractivity (Wildman–Crippen MR) is 80.2 cm³/mol. The van der Waals surface area contributed by atoms with Gasteiger partial charge in [-0.25, -0.2) is 0 Å². The number of nitrogens with zero attached hydrogens (tertiary/aromatic N) is 2. The maximum absolute atomic E-state index is 6.30. The van der Waals surface area contributed by atoms with Crippen LogP contribution in [0.25, 0.3) is 10.9 Å². The Morgan fingerprint density at radius 3 is 2.79 bits per heavy atom. The Hall–Kier alpha value is -1.59. The number of halogens is 1. The van der Waals surface area contributed by atoms with E-state index in [1.165, 1.54) is 19.3 Å². The smallest absolute Gasteiger partial charge is 0.149 e. The van der Waals surface area contributed by atoms with Gasteiger partial charge in [0.05, 0.1) is 10.5 Å². The van der Waals surface area contributed by atoms with Crippen LogP contribution in [0.4, 0.5) is 0 Å². The molecule has 0 radical (unpaired) electrons. The van der Waals surface area contributed by atoms with E-state index in [0.29, 0.717) is 10.7 Å². The second kappa shape index (κ2) is 7.11. The van der Waals surface area contributed by atoms with Crippen LogP contribution in [-0.2, 0) is 0 Å². The summed E-state index contributed by atoms with van der Waals surface area (Å²) in [4.78, 5) is 0. The quantitative estimate of drug-likeness (QED) is 0.600. The predicted octanol–water partition coefficient (Wildman–Crippen LogP) is 4.61. The van der Waals surface area contributed by atoms with Crippen LogP contribution in [0.15, 0.2) is 24.3 Å². The number of rotatable bonds is 4. The van der Waals surface area contributed by atoms with Crippen LogP contribution in [0.2, 0.25) is 5.02 Å². The molecule has 0 aliphatic heterocycles. The highest BCUT2D eigenvalue weighted by Crippen LogP contribution is 2.23. The maximum atomic E-state index is 6.30. The van der Waals surface area contributed by atoms with Crippen molar-refractivity contribution in [2.75, 3.05) is 0 Å². The Bertz CT molecular complexity index is 611. The summed E-state index contributed by atoms with van der Waals surface area (Å²) in [6.07, 6.45) is 5.79. The average Bonchev–Trinajstić information content (AvgIpc) is 2.45. The van der Waals surface area contributed by atoms with Crippen LogP contribution in [0.3, 0.4) is 0 Å². The van der Waals surface area contributed by atoms with E-state index in [1.54, 1.807) is 0 Å². The number of benzene rings is 1. The highest BCUT2D eigenvalue weighted by molar-refractivity contribution is 6.36. The molecule has 0 aliphatic rings. The molecular weight excluding hydrogens is 256 g/mol. The lowest BCUT2D eigenvalue weighted by Crippen LogP contribution is -1.91. The van der Waals surface area contributed by atoms with Gasteiger partial charge in [0, 0.05) is 11.8 Å². The molecule has 0 N–H and O–H groups in total. The summed E-state index contributed by atoms with van der Waals surface area (Å²) in [7, 11) is 0. The van der Waals surface area contributed by atoms with E-state index in [4.69, 9.17) is 11.6 Å². The molecule has 0 aliphatic carbocycles. The molecular formula is C16H17ClN2. The molecule has 0 saturated heterocycles. The van der Waals surface area contributed by atoms with Gasteiger partial charge in [-0.2, -0.15) is 0 Å². The second-order valence-electron chi connectivity index (χ2n) is 4.49. The Morgan fingerprint density at radius 1 is 1.11 bits per heavy atom. The van der Waals surface area contributed by atoms with Crippen LogP contribution >= 0.6 is 11.6 Å². The van der Waals surface area contributed by atoms with Gasteiger partial charge in [0.15, 0.2) is 5.69 Å². The zero-order chi connectivity index (χ0) is 13.5. The fraction of sp³-hybridized carbons (Fsp3) is 0.375. The van der Waals surface area contributed by atoms with Crippen molar-refractivity contribution in [2.24, 2.45) is 0 Å². The summed E-state index contributed by atoms with van der Waals surface area (Å²) in [5.74, 6) is 6.16. The lowest BCUT2D eigenvalue weighted by atomic mass is 10.1. The first kappa shape index (κ1) is 13.8. The van der Waals surface area contributed by atoms with Gasteiger partial charge in [-0.15, -0.1) is 10.2 Å². The monoisotopic (exact) mass is 272 g/mol. The SMILES string of the molecule is CCCCCCC#Cc1nnc2ccccc2c1Cl. The van der Waals surface area contributed by atoms with Crippen LogP contribution in [-0.4, -0.2) is 10.2 Å². The number of hydrogen-bond acceptors (Lipinski definition) is 2. The van der Waals surface area contributed by atoms with Gasteiger partial charge in [-0.1, -0.05) is 61.9 Å². The zero-order valence-electron chi connectivity index (χ0n) is 11.1. The molecule has 0 fully saturated rings. The lowest BCUT2D eigenvalue weighted by Gasteiger charge is -1.99. The molecule has 1 aromatic heterocycles. The van der Waals surface area contributed by atoms with Crippen molar-refractivity contribution < 1.29 is 0 Å². The van der Waals surface area contributed by atoms with Crippen molar-refractivity contribution >= 4 is 22.5 Å². The fourth-order valence-corrected chi connectivity index (χ4v) is 2.13. The van der Waals surface area contributed by atoms with Gasteiger partial charge in [-0.3, -0.25) is 0 Å². The summed E-state index contributed by atoms with van der Waals surface area (Å²) >= 11 is 6.30. The number of hydrogen-bond donors (Lipinski definition) is 0. The number of aromatic nitrogens is 2. The van der Waals surface area contributed by atoms with Crippen LogP contribution in [0, 0.1) is 11.8 Å². The molecule has 0 atom stereocenters. The minimum absolute atomic E-state index is 0.579. The first-order valence-electron chi connectivity index (χ1n) is 6.72. The number of unbranched alkanes of at least 4 members (excludes halogenated alkanes) is 4. The Balaban J connectivity index is 2.09. The second-order valence-corrected chi connectivity index (χ2v) is 4.87. The third-order valence-electron chi connectivity index (χ3n) is 2.97. The van der Waals surface area contributed by atoms with E-state index in [2.05, 4.69) is 29.0 Å². The summed E-state index contributed by atoms with van der Waals surface area (Å²) in [5.41, 5.74) is 1.39. The van der Waals surface area contributed by atoms with E-state index in [1.807, 2.05) is 24.3 Å². The fourth-order valence-electron chi connectivity index (χ4n) is 1.89. The molecule has 19 heavy (non-hydrogen) atoms. The van der Waals surface area contributed by atoms with Gasteiger partial charge in [0.1, 0.15) is 0 Å². The van der Waals surface area contributed by atoms with E-state index in [0.717, 1.165) is 23.7 Å². The van der Waals surface area contributed by atoms with Crippen LogP contribution < -0.4 is 0 Å². The summed E-state index contributed by atoms with van der Waals surface area (Å²) in [6, 6.07) is 7.71. The molecule has 0 saturated carbocycles. The Labute approximate surface area is 119 Å². The highest BCUT2D eigenvalue weighted by Gasteiger charge is 2.05. The van der Waals surface area contributed by atoms with Crippen molar-refractivity contribution in [1.29, 1.82) is 0 Å². The summed E-state index contributed by atoms with van der Waals surface area (Å²) in [6.45, 7) is 2.20. The molecule has 0 unspecified atom stereocenters. The highest BCUT2D eigenvalue weighted by atomic mass is 35.5. The Kier molecular flexibility index (Phi) is 5.18. The van der Waals surface area contributed by atoms with Crippen molar-refractivity contribution in [3.05, 3.63) is 35.0 Å². The summed E-state index contributed by atoms with van der Waals surface area (Å²) in [5, 5.41) is 9.73. The van der Waals surface area contributed by atoms with Crippen molar-refractivity contribution in [1.82, 2.24) is 10.2 Å². The molecule has 2 aromatic rings. The largest absolute Gasteiger partial charge is 0.155 e. The molecule has 1 heterocycles. The normalized spacial score (nSPS) is 10.2. The van der Waals surface area contributed by atoms with E-state index < -0.39 is 0 Å². The summed E-state index contributed by atoms with van der Waals surface area (Å²) < 4.78 is 0. The molecule has 3 heteroatoms. The minimum Gasteiger partial charge on any atom is -0.149 e. The van der Waals surface area contributed by atoms with Crippen molar-refractivity contribution in [3.63, 3.8) is 0 Å². The molecule has 2 nitrogen and oxygen atoms in total. The minimum atomic E-state index is 0.579. The van der Waals surface area contributed by atoms with E-state index >= 15 is 0 Å². The van der Waals surface area contributed by atoms with Gasteiger partial charge in [0.25, 0.3) is 0 Å². The van der Waals surface area contributed by atoms with Gasteiger partial charge >= 0.3 is 0 Å². The molecule has 0 bridgehead atoms. The molecule has 98 valence electrons. The lowest BCUT2D eigenvalue weighted by molar-refractivity contribution is 0.679. The van der Waals surface area contributed by atoms with Crippen LogP contribution in [0.5, 0.6) is 0 Å². The Morgan fingerprint density at radius 2 is 1.95 bits per heavy atom.